The van der Waals surface area contributed by atoms with Crippen LogP contribution >= 0.6 is 11.8 Å². The van der Waals surface area contributed by atoms with Crippen LogP contribution < -0.4 is 5.56 Å². The first-order valence-corrected chi connectivity index (χ1v) is 7.91. The summed E-state index contributed by atoms with van der Waals surface area (Å²) in [4.78, 5) is 19.3. The van der Waals surface area contributed by atoms with Crippen LogP contribution in [0.25, 0.3) is 11.0 Å². The molecule has 0 aliphatic heterocycles. The molecule has 0 atom stereocenters. The molecule has 0 radical (unpaired) electrons. The fraction of sp³-hybridized carbons (Fsp3) is 0.267. The summed E-state index contributed by atoms with van der Waals surface area (Å²) in [6, 6.07) is 8.25. The van der Waals surface area contributed by atoms with Gasteiger partial charge in [-0.15, -0.1) is 0 Å². The molecule has 0 amide bonds. The van der Waals surface area contributed by atoms with E-state index in [9.17, 15) is 4.79 Å². The first-order chi connectivity index (χ1) is 10.7. The Hall–Kier alpha value is -2.12. The smallest absolute Gasteiger partial charge is 0.262 e. The van der Waals surface area contributed by atoms with Gasteiger partial charge in [0, 0.05) is 5.75 Å². The van der Waals surface area contributed by atoms with Crippen LogP contribution in [-0.2, 0) is 12.3 Å². The third-order valence-corrected chi connectivity index (χ3v) is 4.24. The van der Waals surface area contributed by atoms with E-state index in [2.05, 4.69) is 39.3 Å². The van der Waals surface area contributed by atoms with Gasteiger partial charge >= 0.3 is 0 Å². The molecule has 0 spiro atoms. The SMILES string of the molecule is Cc1ccc(CSc2nc3c(cnn3CCO)c(=O)[nH]2)cc1. The average Bonchev–Trinajstić information content (AvgIpc) is 2.91. The Balaban J connectivity index is 1.85. The van der Waals surface area contributed by atoms with Crippen LogP contribution in [0, 0.1) is 6.92 Å². The monoisotopic (exact) mass is 316 g/mol. The van der Waals surface area contributed by atoms with E-state index >= 15 is 0 Å². The number of aromatic nitrogens is 4. The van der Waals surface area contributed by atoms with Crippen LogP contribution in [0.1, 0.15) is 11.1 Å². The Bertz CT molecular complexity index is 839. The zero-order chi connectivity index (χ0) is 15.5. The maximum Gasteiger partial charge on any atom is 0.262 e. The van der Waals surface area contributed by atoms with Crippen molar-refractivity contribution in [2.24, 2.45) is 0 Å². The van der Waals surface area contributed by atoms with Gasteiger partial charge in [-0.1, -0.05) is 41.6 Å². The van der Waals surface area contributed by atoms with Crippen molar-refractivity contribution in [2.45, 2.75) is 24.4 Å². The molecule has 114 valence electrons. The van der Waals surface area contributed by atoms with Crippen molar-refractivity contribution in [1.82, 2.24) is 19.7 Å². The number of hydrogen-bond donors (Lipinski definition) is 2. The van der Waals surface area contributed by atoms with E-state index in [4.69, 9.17) is 5.11 Å². The second kappa shape index (κ2) is 6.33. The Morgan fingerprint density at radius 2 is 2.09 bits per heavy atom. The van der Waals surface area contributed by atoms with Gasteiger partial charge in [-0.05, 0) is 12.5 Å². The normalized spacial score (nSPS) is 11.2. The van der Waals surface area contributed by atoms with Crippen molar-refractivity contribution in [2.75, 3.05) is 6.61 Å². The van der Waals surface area contributed by atoms with Crippen molar-refractivity contribution >= 4 is 22.8 Å². The standard InChI is InChI=1S/C15H16N4O2S/c1-10-2-4-11(5-3-10)9-22-15-17-13-12(14(21)18-15)8-16-19(13)6-7-20/h2-5,8,20H,6-7,9H2,1H3,(H,17,18,21). The van der Waals surface area contributed by atoms with Crippen molar-refractivity contribution in [1.29, 1.82) is 0 Å². The molecular weight excluding hydrogens is 300 g/mol. The van der Waals surface area contributed by atoms with Crippen molar-refractivity contribution in [3.05, 3.63) is 51.9 Å². The number of nitrogens with one attached hydrogen (secondary N) is 1. The molecule has 0 fully saturated rings. The van der Waals surface area contributed by atoms with Gasteiger partial charge in [-0.2, -0.15) is 5.10 Å². The van der Waals surface area contributed by atoms with Crippen LogP contribution in [0.4, 0.5) is 0 Å². The number of fused-ring (bicyclic) bond motifs is 1. The summed E-state index contributed by atoms with van der Waals surface area (Å²) < 4.78 is 1.54. The summed E-state index contributed by atoms with van der Waals surface area (Å²) >= 11 is 1.47. The number of aryl methyl sites for hydroxylation is 1. The molecule has 2 heterocycles. The highest BCUT2D eigenvalue weighted by molar-refractivity contribution is 7.98. The zero-order valence-electron chi connectivity index (χ0n) is 12.1. The molecule has 2 aromatic heterocycles. The van der Waals surface area contributed by atoms with Crippen LogP contribution in [0.3, 0.4) is 0 Å². The van der Waals surface area contributed by atoms with E-state index < -0.39 is 0 Å². The number of aliphatic hydroxyl groups excluding tert-OH is 1. The lowest BCUT2D eigenvalue weighted by molar-refractivity contribution is 0.271. The first kappa shape index (κ1) is 14.8. The number of rotatable bonds is 5. The summed E-state index contributed by atoms with van der Waals surface area (Å²) in [5.41, 5.74) is 2.68. The Kier molecular flexibility index (Phi) is 4.26. The van der Waals surface area contributed by atoms with Gasteiger partial charge in [0.1, 0.15) is 5.39 Å². The maximum atomic E-state index is 12.0. The maximum absolute atomic E-state index is 12.0. The van der Waals surface area contributed by atoms with Crippen molar-refractivity contribution in [3.63, 3.8) is 0 Å². The van der Waals surface area contributed by atoms with Gasteiger partial charge in [0.05, 0.1) is 19.3 Å². The minimum Gasteiger partial charge on any atom is -0.394 e. The number of aliphatic hydroxyl groups is 1. The number of benzene rings is 1. The number of nitrogens with zero attached hydrogens (tertiary/aromatic N) is 3. The predicted molar refractivity (Wildman–Crippen MR) is 86.0 cm³/mol. The lowest BCUT2D eigenvalue weighted by Gasteiger charge is -2.04. The molecule has 0 unspecified atom stereocenters. The molecule has 0 aliphatic carbocycles. The number of H-pyrrole nitrogens is 1. The van der Waals surface area contributed by atoms with Crippen LogP contribution in [0.15, 0.2) is 40.4 Å². The Morgan fingerprint density at radius 3 is 2.82 bits per heavy atom. The van der Waals surface area contributed by atoms with E-state index in [-0.39, 0.29) is 12.2 Å². The molecule has 0 saturated carbocycles. The van der Waals surface area contributed by atoms with Crippen LogP contribution in [0.2, 0.25) is 0 Å². The number of hydrogen-bond acceptors (Lipinski definition) is 5. The molecule has 1 aromatic carbocycles. The lowest BCUT2D eigenvalue weighted by Crippen LogP contribution is -2.11. The second-order valence-electron chi connectivity index (χ2n) is 4.97. The summed E-state index contributed by atoms with van der Waals surface area (Å²) in [6.07, 6.45) is 1.48. The Morgan fingerprint density at radius 1 is 1.32 bits per heavy atom. The van der Waals surface area contributed by atoms with Crippen LogP contribution in [0.5, 0.6) is 0 Å². The fourth-order valence-corrected chi connectivity index (χ4v) is 2.92. The summed E-state index contributed by atoms with van der Waals surface area (Å²) in [5, 5.41) is 14.1. The van der Waals surface area contributed by atoms with E-state index in [0.717, 1.165) is 5.75 Å². The summed E-state index contributed by atoms with van der Waals surface area (Å²) in [7, 11) is 0. The molecule has 0 aliphatic rings. The van der Waals surface area contributed by atoms with Crippen LogP contribution in [-0.4, -0.2) is 31.5 Å². The van der Waals surface area contributed by atoms with Gasteiger partial charge in [-0.3, -0.25) is 4.79 Å². The van der Waals surface area contributed by atoms with E-state index in [1.165, 1.54) is 29.1 Å². The molecular formula is C15H16N4O2S. The third kappa shape index (κ3) is 3.05. The minimum atomic E-state index is -0.208. The molecule has 6 nitrogen and oxygen atoms in total. The minimum absolute atomic E-state index is 0.0445. The van der Waals surface area contributed by atoms with E-state index in [1.54, 1.807) is 4.68 Å². The van der Waals surface area contributed by atoms with E-state index in [0.29, 0.717) is 22.7 Å². The van der Waals surface area contributed by atoms with Gasteiger partial charge in [-0.25, -0.2) is 9.67 Å². The zero-order valence-corrected chi connectivity index (χ0v) is 12.9. The topological polar surface area (TPSA) is 83.8 Å². The Labute approximate surface area is 131 Å². The van der Waals surface area contributed by atoms with Gasteiger partial charge < -0.3 is 10.1 Å². The summed E-state index contributed by atoms with van der Waals surface area (Å²) in [6.45, 7) is 2.32. The van der Waals surface area contributed by atoms with E-state index in [1.807, 2.05) is 6.92 Å². The molecule has 0 saturated heterocycles. The average molecular weight is 316 g/mol. The number of aromatic amines is 1. The largest absolute Gasteiger partial charge is 0.394 e. The highest BCUT2D eigenvalue weighted by Crippen LogP contribution is 2.20. The van der Waals surface area contributed by atoms with Crippen molar-refractivity contribution in [3.8, 4) is 0 Å². The summed E-state index contributed by atoms with van der Waals surface area (Å²) in [5.74, 6) is 0.725. The lowest BCUT2D eigenvalue weighted by atomic mass is 10.2. The quantitative estimate of drug-likeness (QED) is 0.553. The highest BCUT2D eigenvalue weighted by atomic mass is 32.2. The van der Waals surface area contributed by atoms with Crippen molar-refractivity contribution < 1.29 is 5.11 Å². The second-order valence-corrected chi connectivity index (χ2v) is 5.94. The number of thioether (sulfide) groups is 1. The molecule has 3 rings (SSSR count). The highest BCUT2D eigenvalue weighted by Gasteiger charge is 2.10. The predicted octanol–water partition coefficient (Wildman–Crippen LogP) is 1.71. The molecule has 22 heavy (non-hydrogen) atoms. The third-order valence-electron chi connectivity index (χ3n) is 3.29. The molecule has 3 aromatic rings. The van der Waals surface area contributed by atoms with Gasteiger partial charge in [0.2, 0.25) is 0 Å². The molecule has 7 heteroatoms. The molecule has 0 bridgehead atoms. The fourth-order valence-electron chi connectivity index (χ4n) is 2.11. The molecule has 2 N–H and O–H groups in total. The van der Waals surface area contributed by atoms with Gasteiger partial charge in [0.15, 0.2) is 10.8 Å². The first-order valence-electron chi connectivity index (χ1n) is 6.92. The van der Waals surface area contributed by atoms with Gasteiger partial charge in [0.25, 0.3) is 5.56 Å².